The molecule has 1 aliphatic heterocycles. The Labute approximate surface area is 121 Å². The van der Waals surface area contributed by atoms with Gasteiger partial charge in [-0.1, -0.05) is 0 Å². The second-order valence-electron chi connectivity index (χ2n) is 5.22. The van der Waals surface area contributed by atoms with Crippen LogP contribution in [0.25, 0.3) is 0 Å². The van der Waals surface area contributed by atoms with Crippen molar-refractivity contribution in [3.63, 3.8) is 0 Å². The summed E-state index contributed by atoms with van der Waals surface area (Å²) in [4.78, 5) is 2.30. The minimum absolute atomic E-state index is 0.110. The number of nitrogens with zero attached hydrogens (tertiary/aromatic N) is 1. The lowest BCUT2D eigenvalue weighted by atomic mass is 9.98. The van der Waals surface area contributed by atoms with Crippen molar-refractivity contribution in [2.24, 2.45) is 5.92 Å². The molecule has 1 atom stereocenters. The molecule has 1 heterocycles. The van der Waals surface area contributed by atoms with Gasteiger partial charge in [0.2, 0.25) is 0 Å². The van der Waals surface area contributed by atoms with Crippen LogP contribution in [-0.4, -0.2) is 31.6 Å². The molecule has 1 aliphatic rings. The maximum absolute atomic E-state index is 13.8. The Balaban J connectivity index is 1.87. The fourth-order valence-electron chi connectivity index (χ4n) is 2.57. The number of piperidine rings is 1. The highest BCUT2D eigenvalue weighted by Crippen LogP contribution is 2.21. The summed E-state index contributed by atoms with van der Waals surface area (Å²) in [5, 5.41) is 3.17. The minimum Gasteiger partial charge on any atom is -0.312 e. The molecular formula is C14H19BrF2N2. The first-order valence-corrected chi connectivity index (χ1v) is 7.39. The van der Waals surface area contributed by atoms with Crippen LogP contribution in [0.4, 0.5) is 8.78 Å². The van der Waals surface area contributed by atoms with Crippen LogP contribution in [0.5, 0.6) is 0 Å². The van der Waals surface area contributed by atoms with Gasteiger partial charge in [-0.25, -0.2) is 8.78 Å². The highest BCUT2D eigenvalue weighted by atomic mass is 79.9. The standard InChI is InChI=1S/C14H19BrF2N2/c1-19-6-2-3-10(9-19)7-18-8-11-13(16)5-4-12(15)14(11)17/h4-5,10,18H,2-3,6-9H2,1H3. The van der Waals surface area contributed by atoms with Gasteiger partial charge in [0, 0.05) is 18.7 Å². The first-order valence-electron chi connectivity index (χ1n) is 6.59. The Bertz CT molecular complexity index is 440. The molecule has 5 heteroatoms. The van der Waals surface area contributed by atoms with Crippen LogP contribution in [0.1, 0.15) is 18.4 Å². The highest BCUT2D eigenvalue weighted by molar-refractivity contribution is 9.10. The molecule has 2 rings (SSSR count). The molecule has 0 aromatic heterocycles. The lowest BCUT2D eigenvalue weighted by molar-refractivity contribution is 0.206. The molecule has 1 fully saturated rings. The summed E-state index contributed by atoms with van der Waals surface area (Å²) in [6.45, 7) is 3.23. The number of likely N-dealkylation sites (tertiary alicyclic amines) is 1. The van der Waals surface area contributed by atoms with Crippen LogP contribution < -0.4 is 5.32 Å². The van der Waals surface area contributed by atoms with Crippen molar-refractivity contribution in [2.75, 3.05) is 26.7 Å². The maximum Gasteiger partial charge on any atom is 0.144 e. The van der Waals surface area contributed by atoms with Crippen molar-refractivity contribution in [3.05, 3.63) is 33.8 Å². The molecule has 0 saturated carbocycles. The number of benzene rings is 1. The molecule has 1 aromatic carbocycles. The van der Waals surface area contributed by atoms with E-state index in [0.717, 1.165) is 19.6 Å². The molecule has 2 nitrogen and oxygen atoms in total. The van der Waals surface area contributed by atoms with Gasteiger partial charge in [0.25, 0.3) is 0 Å². The molecule has 106 valence electrons. The lowest BCUT2D eigenvalue weighted by Gasteiger charge is -2.29. The summed E-state index contributed by atoms with van der Waals surface area (Å²) >= 11 is 3.08. The van der Waals surface area contributed by atoms with Gasteiger partial charge in [-0.3, -0.25) is 0 Å². The van der Waals surface area contributed by atoms with Crippen molar-refractivity contribution in [3.8, 4) is 0 Å². The smallest absolute Gasteiger partial charge is 0.144 e. The summed E-state index contributed by atoms with van der Waals surface area (Å²) < 4.78 is 27.6. The van der Waals surface area contributed by atoms with Gasteiger partial charge in [-0.05, 0) is 67.0 Å². The van der Waals surface area contributed by atoms with Crippen LogP contribution in [0.2, 0.25) is 0 Å². The van der Waals surface area contributed by atoms with Gasteiger partial charge >= 0.3 is 0 Å². The third kappa shape index (κ3) is 3.97. The molecule has 1 N–H and O–H groups in total. The Hall–Kier alpha value is -0.520. The second-order valence-corrected chi connectivity index (χ2v) is 6.08. The van der Waals surface area contributed by atoms with Crippen LogP contribution in [-0.2, 0) is 6.54 Å². The van der Waals surface area contributed by atoms with E-state index in [-0.39, 0.29) is 12.1 Å². The Morgan fingerprint density at radius 3 is 2.95 bits per heavy atom. The lowest BCUT2D eigenvalue weighted by Crippen LogP contribution is -2.37. The van der Waals surface area contributed by atoms with Gasteiger partial charge in [0.05, 0.1) is 4.47 Å². The molecule has 19 heavy (non-hydrogen) atoms. The summed E-state index contributed by atoms with van der Waals surface area (Å²) in [5.41, 5.74) is 0.110. The van der Waals surface area contributed by atoms with Crippen molar-refractivity contribution in [2.45, 2.75) is 19.4 Å². The van der Waals surface area contributed by atoms with Crippen molar-refractivity contribution >= 4 is 15.9 Å². The molecular weight excluding hydrogens is 314 g/mol. The van der Waals surface area contributed by atoms with Crippen molar-refractivity contribution < 1.29 is 8.78 Å². The minimum atomic E-state index is -0.506. The van der Waals surface area contributed by atoms with E-state index >= 15 is 0 Å². The zero-order valence-corrected chi connectivity index (χ0v) is 12.6. The van der Waals surface area contributed by atoms with Gasteiger partial charge in [0.1, 0.15) is 11.6 Å². The van der Waals surface area contributed by atoms with Gasteiger partial charge in [0.15, 0.2) is 0 Å². The van der Waals surface area contributed by atoms with Crippen molar-refractivity contribution in [1.82, 2.24) is 10.2 Å². The normalized spacial score (nSPS) is 20.7. The second kappa shape index (κ2) is 6.77. The van der Waals surface area contributed by atoms with E-state index < -0.39 is 11.6 Å². The van der Waals surface area contributed by atoms with E-state index in [9.17, 15) is 8.78 Å². The zero-order chi connectivity index (χ0) is 13.8. The Morgan fingerprint density at radius 1 is 1.42 bits per heavy atom. The predicted molar refractivity (Wildman–Crippen MR) is 76.0 cm³/mol. The Morgan fingerprint density at radius 2 is 2.21 bits per heavy atom. The third-order valence-electron chi connectivity index (χ3n) is 3.60. The molecule has 1 aromatic rings. The van der Waals surface area contributed by atoms with E-state index in [4.69, 9.17) is 0 Å². The maximum atomic E-state index is 13.8. The average molecular weight is 333 g/mol. The van der Waals surface area contributed by atoms with E-state index in [1.807, 2.05) is 0 Å². The monoisotopic (exact) mass is 332 g/mol. The molecule has 0 radical (unpaired) electrons. The topological polar surface area (TPSA) is 15.3 Å². The molecule has 0 aliphatic carbocycles. The summed E-state index contributed by atoms with van der Waals surface area (Å²) in [5.74, 6) is -0.431. The van der Waals surface area contributed by atoms with E-state index in [1.54, 1.807) is 0 Å². The van der Waals surface area contributed by atoms with Crippen LogP contribution in [0.3, 0.4) is 0 Å². The molecule has 0 spiro atoms. The number of rotatable bonds is 4. The van der Waals surface area contributed by atoms with Crippen LogP contribution in [0, 0.1) is 17.6 Å². The van der Waals surface area contributed by atoms with Crippen molar-refractivity contribution in [1.29, 1.82) is 0 Å². The van der Waals surface area contributed by atoms with Gasteiger partial charge < -0.3 is 10.2 Å². The Kier molecular flexibility index (Phi) is 5.30. The third-order valence-corrected chi connectivity index (χ3v) is 4.21. The van der Waals surface area contributed by atoms with E-state index in [1.165, 1.54) is 25.0 Å². The molecule has 1 unspecified atom stereocenters. The number of hydrogen-bond acceptors (Lipinski definition) is 2. The first kappa shape index (κ1) is 14.9. The number of hydrogen-bond donors (Lipinski definition) is 1. The predicted octanol–water partition coefficient (Wildman–Crippen LogP) is 3.16. The molecule has 1 saturated heterocycles. The van der Waals surface area contributed by atoms with Crippen LogP contribution in [0.15, 0.2) is 16.6 Å². The summed E-state index contributed by atoms with van der Waals surface area (Å²) in [6.07, 6.45) is 2.38. The fourth-order valence-corrected chi connectivity index (χ4v) is 2.94. The van der Waals surface area contributed by atoms with Gasteiger partial charge in [-0.15, -0.1) is 0 Å². The number of halogens is 3. The highest BCUT2D eigenvalue weighted by Gasteiger charge is 2.17. The molecule has 0 amide bonds. The summed E-state index contributed by atoms with van der Waals surface area (Å²) in [6, 6.07) is 2.68. The SMILES string of the molecule is CN1CCCC(CNCc2c(F)ccc(Br)c2F)C1. The fraction of sp³-hybridized carbons (Fsp3) is 0.571. The largest absolute Gasteiger partial charge is 0.312 e. The first-order chi connectivity index (χ1) is 9.08. The summed E-state index contributed by atoms with van der Waals surface area (Å²) in [7, 11) is 2.11. The van der Waals surface area contributed by atoms with Gasteiger partial charge in [-0.2, -0.15) is 0 Å². The average Bonchev–Trinajstić information content (AvgIpc) is 2.38. The van der Waals surface area contributed by atoms with E-state index in [0.29, 0.717) is 10.4 Å². The molecule has 0 bridgehead atoms. The quantitative estimate of drug-likeness (QED) is 0.852. The van der Waals surface area contributed by atoms with E-state index in [2.05, 4.69) is 33.2 Å². The number of nitrogens with one attached hydrogen (secondary N) is 1. The van der Waals surface area contributed by atoms with Crippen LogP contribution >= 0.6 is 15.9 Å². The zero-order valence-electron chi connectivity index (χ0n) is 11.1.